The summed E-state index contributed by atoms with van der Waals surface area (Å²) >= 11 is 0. The van der Waals surface area contributed by atoms with Crippen molar-refractivity contribution in [3.8, 4) is 22.6 Å². The second kappa shape index (κ2) is 6.05. The van der Waals surface area contributed by atoms with Crippen LogP contribution in [-0.2, 0) is 0 Å². The van der Waals surface area contributed by atoms with Crippen molar-refractivity contribution in [1.29, 1.82) is 0 Å². The second-order valence-corrected chi connectivity index (χ2v) is 6.16. The molecule has 0 spiro atoms. The predicted molar refractivity (Wildman–Crippen MR) is 104 cm³/mol. The van der Waals surface area contributed by atoms with Crippen LogP contribution >= 0.6 is 0 Å². The van der Waals surface area contributed by atoms with Gasteiger partial charge in [0.15, 0.2) is 11.5 Å². The van der Waals surface area contributed by atoms with E-state index in [1.165, 1.54) is 5.56 Å². The highest BCUT2D eigenvalue weighted by Crippen LogP contribution is 2.50. The fraction of sp³-hybridized carbons (Fsp3) is 0. The molecule has 1 aromatic heterocycles. The fourth-order valence-electron chi connectivity index (χ4n) is 3.33. The normalized spacial score (nSPS) is 12.1. The van der Waals surface area contributed by atoms with Crippen molar-refractivity contribution in [3.05, 3.63) is 97.3 Å². The van der Waals surface area contributed by atoms with E-state index in [0.717, 1.165) is 34.1 Å². The summed E-state index contributed by atoms with van der Waals surface area (Å²) in [7, 11) is 0. The van der Waals surface area contributed by atoms with Gasteiger partial charge in [0.25, 0.3) is 0 Å². The number of benzene rings is 3. The minimum atomic E-state index is 0.865. The maximum Gasteiger partial charge on any atom is 0.151 e. The van der Waals surface area contributed by atoms with Gasteiger partial charge in [-0.1, -0.05) is 36.4 Å². The number of para-hydroxylation sites is 4. The second-order valence-electron chi connectivity index (χ2n) is 6.16. The molecule has 3 heteroatoms. The molecule has 5 rings (SSSR count). The van der Waals surface area contributed by atoms with Crippen LogP contribution in [0.4, 0.5) is 17.1 Å². The zero-order valence-corrected chi connectivity index (χ0v) is 14.0. The van der Waals surface area contributed by atoms with Crippen molar-refractivity contribution in [3.63, 3.8) is 0 Å². The quantitative estimate of drug-likeness (QED) is 0.377. The topological polar surface area (TPSA) is 25.4 Å². The van der Waals surface area contributed by atoms with Crippen LogP contribution in [-0.4, -0.2) is 4.98 Å². The maximum atomic E-state index is 6.07. The SMILES string of the molecule is c1ccc2c(c1)Oc1ccccc1N2c1ccc(-c2ccncc2)cc1. The Labute approximate surface area is 152 Å². The van der Waals surface area contributed by atoms with E-state index in [-0.39, 0.29) is 0 Å². The van der Waals surface area contributed by atoms with E-state index >= 15 is 0 Å². The molecule has 0 unspecified atom stereocenters. The van der Waals surface area contributed by atoms with E-state index in [0.29, 0.717) is 0 Å². The summed E-state index contributed by atoms with van der Waals surface area (Å²) in [6, 6.07) is 28.9. The number of nitrogens with zero attached hydrogens (tertiary/aromatic N) is 2. The molecule has 0 saturated carbocycles. The Morgan fingerprint density at radius 2 is 1.12 bits per heavy atom. The first-order valence-corrected chi connectivity index (χ1v) is 8.57. The Morgan fingerprint density at radius 3 is 1.73 bits per heavy atom. The van der Waals surface area contributed by atoms with Crippen LogP contribution in [0.2, 0.25) is 0 Å². The van der Waals surface area contributed by atoms with Gasteiger partial charge in [0.05, 0.1) is 11.4 Å². The molecule has 0 aliphatic carbocycles. The molecule has 1 aliphatic rings. The Bertz CT molecular complexity index is 1010. The van der Waals surface area contributed by atoms with Crippen LogP contribution < -0.4 is 9.64 Å². The number of hydrogen-bond acceptors (Lipinski definition) is 3. The summed E-state index contributed by atoms with van der Waals surface area (Å²) in [6.07, 6.45) is 3.63. The summed E-state index contributed by atoms with van der Waals surface area (Å²) in [4.78, 5) is 6.33. The van der Waals surface area contributed by atoms with Crippen molar-refractivity contribution in [1.82, 2.24) is 4.98 Å². The van der Waals surface area contributed by atoms with Crippen LogP contribution in [0.5, 0.6) is 11.5 Å². The number of ether oxygens (including phenoxy) is 1. The molecule has 2 heterocycles. The Hall–Kier alpha value is -3.59. The number of aromatic nitrogens is 1. The van der Waals surface area contributed by atoms with Gasteiger partial charge in [0.2, 0.25) is 0 Å². The molecule has 0 saturated heterocycles. The third-order valence-electron chi connectivity index (χ3n) is 4.57. The van der Waals surface area contributed by atoms with E-state index in [1.807, 2.05) is 60.9 Å². The van der Waals surface area contributed by atoms with E-state index in [1.54, 1.807) is 0 Å². The molecule has 1 aliphatic heterocycles. The Balaban J connectivity index is 1.62. The largest absolute Gasteiger partial charge is 0.453 e. The summed E-state index contributed by atoms with van der Waals surface area (Å²) in [5.41, 5.74) is 5.53. The molecule has 124 valence electrons. The number of pyridine rings is 1. The summed E-state index contributed by atoms with van der Waals surface area (Å²) in [5, 5.41) is 0. The van der Waals surface area contributed by atoms with Gasteiger partial charge in [0, 0.05) is 18.1 Å². The highest BCUT2D eigenvalue weighted by Gasteiger charge is 2.24. The molecule has 3 aromatic carbocycles. The zero-order valence-electron chi connectivity index (χ0n) is 14.0. The highest BCUT2D eigenvalue weighted by molar-refractivity contribution is 5.86. The van der Waals surface area contributed by atoms with Crippen LogP contribution in [0.3, 0.4) is 0 Å². The Morgan fingerprint density at radius 1 is 0.577 bits per heavy atom. The van der Waals surface area contributed by atoms with Crippen molar-refractivity contribution < 1.29 is 4.74 Å². The zero-order chi connectivity index (χ0) is 17.3. The molecule has 0 radical (unpaired) electrons. The molecule has 4 aromatic rings. The molecule has 26 heavy (non-hydrogen) atoms. The van der Waals surface area contributed by atoms with Crippen molar-refractivity contribution in [2.75, 3.05) is 4.90 Å². The molecular weight excluding hydrogens is 320 g/mol. The first kappa shape index (κ1) is 14.7. The van der Waals surface area contributed by atoms with Gasteiger partial charge in [-0.15, -0.1) is 0 Å². The molecule has 0 bridgehead atoms. The van der Waals surface area contributed by atoms with Gasteiger partial charge in [-0.05, 0) is 59.7 Å². The third-order valence-corrected chi connectivity index (χ3v) is 4.57. The first-order chi connectivity index (χ1) is 12.9. The van der Waals surface area contributed by atoms with Crippen LogP contribution in [0, 0.1) is 0 Å². The van der Waals surface area contributed by atoms with E-state index < -0.39 is 0 Å². The summed E-state index contributed by atoms with van der Waals surface area (Å²) in [6.45, 7) is 0. The molecule has 0 N–H and O–H groups in total. The summed E-state index contributed by atoms with van der Waals surface area (Å²) < 4.78 is 6.07. The lowest BCUT2D eigenvalue weighted by Gasteiger charge is -2.32. The highest BCUT2D eigenvalue weighted by atomic mass is 16.5. The number of fused-ring (bicyclic) bond motifs is 2. The minimum absolute atomic E-state index is 0.865. The number of anilines is 3. The predicted octanol–water partition coefficient (Wildman–Crippen LogP) is 6.32. The van der Waals surface area contributed by atoms with Gasteiger partial charge in [-0.25, -0.2) is 0 Å². The van der Waals surface area contributed by atoms with Crippen molar-refractivity contribution in [2.24, 2.45) is 0 Å². The summed E-state index contributed by atoms with van der Waals surface area (Å²) in [5.74, 6) is 1.73. The lowest BCUT2D eigenvalue weighted by molar-refractivity contribution is 0.477. The minimum Gasteiger partial charge on any atom is -0.453 e. The smallest absolute Gasteiger partial charge is 0.151 e. The molecule has 0 amide bonds. The first-order valence-electron chi connectivity index (χ1n) is 8.57. The monoisotopic (exact) mass is 336 g/mol. The van der Waals surface area contributed by atoms with E-state index in [4.69, 9.17) is 4.74 Å². The fourth-order valence-corrected chi connectivity index (χ4v) is 3.33. The van der Waals surface area contributed by atoms with Crippen molar-refractivity contribution >= 4 is 17.1 Å². The van der Waals surface area contributed by atoms with Crippen LogP contribution in [0.25, 0.3) is 11.1 Å². The van der Waals surface area contributed by atoms with Gasteiger partial charge >= 0.3 is 0 Å². The molecule has 3 nitrogen and oxygen atoms in total. The van der Waals surface area contributed by atoms with Crippen LogP contribution in [0.15, 0.2) is 97.3 Å². The van der Waals surface area contributed by atoms with Gasteiger partial charge < -0.3 is 9.64 Å². The average Bonchev–Trinajstić information content (AvgIpc) is 2.73. The lowest BCUT2D eigenvalue weighted by Crippen LogP contribution is -2.15. The average molecular weight is 336 g/mol. The number of rotatable bonds is 2. The maximum absolute atomic E-state index is 6.07. The van der Waals surface area contributed by atoms with Gasteiger partial charge in [-0.2, -0.15) is 0 Å². The molecule has 0 atom stereocenters. The standard InChI is InChI=1S/C23H16N2O/c1-3-7-22-20(5-1)25(21-6-2-4-8-23(21)26-22)19-11-9-17(10-12-19)18-13-15-24-16-14-18/h1-16H. The molecular formula is C23H16N2O. The van der Waals surface area contributed by atoms with Gasteiger partial charge in [-0.3, -0.25) is 4.98 Å². The van der Waals surface area contributed by atoms with Crippen LogP contribution in [0.1, 0.15) is 0 Å². The van der Waals surface area contributed by atoms with E-state index in [9.17, 15) is 0 Å². The molecule has 0 fully saturated rings. The van der Waals surface area contributed by atoms with Gasteiger partial charge in [0.1, 0.15) is 0 Å². The lowest BCUT2D eigenvalue weighted by atomic mass is 10.1. The van der Waals surface area contributed by atoms with E-state index in [2.05, 4.69) is 46.3 Å². The Kier molecular flexibility index (Phi) is 3.42. The third kappa shape index (κ3) is 2.42. The van der Waals surface area contributed by atoms with Crippen molar-refractivity contribution in [2.45, 2.75) is 0 Å². The number of hydrogen-bond donors (Lipinski definition) is 0.